The Labute approximate surface area is 72.2 Å². The van der Waals surface area contributed by atoms with E-state index >= 15 is 0 Å². The summed E-state index contributed by atoms with van der Waals surface area (Å²) < 4.78 is 1.82. The lowest BCUT2D eigenvalue weighted by Crippen LogP contribution is -1.80. The molecule has 0 aromatic carbocycles. The first-order valence-corrected chi connectivity index (χ1v) is 4.20. The minimum atomic E-state index is 0.541. The number of rotatable bonds is 1. The molecule has 0 aliphatic heterocycles. The molecule has 0 radical (unpaired) electrons. The number of nitrogens with zero attached hydrogens (tertiary/aromatic N) is 3. The third kappa shape index (κ3) is 0.879. The molecule has 0 amide bonds. The molecule has 0 aliphatic rings. The number of aromatic nitrogens is 2. The van der Waals surface area contributed by atoms with Crippen molar-refractivity contribution >= 4 is 28.2 Å². The molecule has 60 valence electrons. The van der Waals surface area contributed by atoms with Gasteiger partial charge < -0.3 is 0 Å². The number of aryl methyl sites for hydroxylation is 1. The summed E-state index contributed by atoms with van der Waals surface area (Å²) in [5, 5.41) is 1.96. The highest BCUT2D eigenvalue weighted by molar-refractivity contribution is 7.15. The van der Waals surface area contributed by atoms with E-state index in [0.717, 1.165) is 10.7 Å². The lowest BCUT2D eigenvalue weighted by atomic mass is 10.5. The highest BCUT2D eigenvalue weighted by Gasteiger charge is 2.05. The molecule has 2 heterocycles. The molecule has 0 N–H and O–H groups in total. The van der Waals surface area contributed by atoms with Gasteiger partial charge in [-0.15, -0.1) is 16.3 Å². The summed E-state index contributed by atoms with van der Waals surface area (Å²) in [6, 6.07) is 0. The molecule has 2 rings (SSSR count). The largest absolute Gasteiger partial charge is 0.272 e. The second-order valence-electron chi connectivity index (χ2n) is 2.31. The van der Waals surface area contributed by atoms with Crippen molar-refractivity contribution in [2.75, 3.05) is 0 Å². The Morgan fingerprint density at radius 2 is 2.58 bits per heavy atom. The van der Waals surface area contributed by atoms with Gasteiger partial charge in [0.15, 0.2) is 10.8 Å². The van der Waals surface area contributed by atoms with Crippen LogP contribution < -0.4 is 0 Å². The maximum atomic E-state index is 10.0. The summed E-state index contributed by atoms with van der Waals surface area (Å²) in [7, 11) is 0. The van der Waals surface area contributed by atoms with Crippen molar-refractivity contribution in [3.63, 3.8) is 0 Å². The maximum Gasteiger partial charge on any atom is 0.242 e. The van der Waals surface area contributed by atoms with Gasteiger partial charge >= 0.3 is 0 Å². The highest BCUT2D eigenvalue weighted by Crippen LogP contribution is 2.21. The predicted molar refractivity (Wildman–Crippen MR) is 45.6 cm³/mol. The predicted octanol–water partition coefficient (Wildman–Crippen LogP) is 1.67. The monoisotopic (exact) mass is 179 g/mol. The summed E-state index contributed by atoms with van der Waals surface area (Å²) in [5.41, 5.74) is 1.03. The van der Waals surface area contributed by atoms with Crippen LogP contribution in [0.1, 0.15) is 5.69 Å². The van der Waals surface area contributed by atoms with Crippen LogP contribution in [0.3, 0.4) is 0 Å². The number of isocyanates is 1. The summed E-state index contributed by atoms with van der Waals surface area (Å²) >= 11 is 1.52. The van der Waals surface area contributed by atoms with Crippen molar-refractivity contribution in [1.29, 1.82) is 0 Å². The van der Waals surface area contributed by atoms with Gasteiger partial charge in [-0.3, -0.25) is 4.40 Å². The molecule has 0 bridgehead atoms. The lowest BCUT2D eigenvalue weighted by Gasteiger charge is -1.89. The van der Waals surface area contributed by atoms with Gasteiger partial charge in [-0.25, -0.2) is 9.78 Å². The van der Waals surface area contributed by atoms with Gasteiger partial charge in [0.1, 0.15) is 0 Å². The highest BCUT2D eigenvalue weighted by atomic mass is 32.1. The number of hydrogen-bond donors (Lipinski definition) is 0. The van der Waals surface area contributed by atoms with Gasteiger partial charge in [-0.2, -0.15) is 0 Å². The van der Waals surface area contributed by atoms with Crippen LogP contribution in [-0.4, -0.2) is 15.5 Å². The molecule has 0 fully saturated rings. The van der Waals surface area contributed by atoms with Gasteiger partial charge in [0.25, 0.3) is 0 Å². The van der Waals surface area contributed by atoms with Crippen LogP contribution in [0.5, 0.6) is 0 Å². The zero-order valence-electron chi connectivity index (χ0n) is 6.31. The van der Waals surface area contributed by atoms with Crippen LogP contribution in [0.2, 0.25) is 0 Å². The smallest absolute Gasteiger partial charge is 0.242 e. The summed E-state index contributed by atoms with van der Waals surface area (Å²) in [5.74, 6) is 0.541. The number of carbonyl (C=O) groups excluding carboxylic acids is 1. The molecule has 0 aliphatic carbocycles. The zero-order chi connectivity index (χ0) is 8.55. The molecule has 0 unspecified atom stereocenters. The Balaban J connectivity index is 2.82. The minimum absolute atomic E-state index is 0.541. The van der Waals surface area contributed by atoms with Crippen LogP contribution in [0.25, 0.3) is 4.96 Å². The summed E-state index contributed by atoms with van der Waals surface area (Å²) in [4.78, 5) is 18.5. The van der Waals surface area contributed by atoms with Crippen molar-refractivity contribution in [3.8, 4) is 0 Å². The molecule has 0 atom stereocenters. The fraction of sp³-hybridized carbons (Fsp3) is 0.143. The summed E-state index contributed by atoms with van der Waals surface area (Å²) in [6.45, 7) is 1.94. The van der Waals surface area contributed by atoms with E-state index in [1.165, 1.54) is 17.4 Å². The molecule has 12 heavy (non-hydrogen) atoms. The SMILES string of the molecule is Cc1csc2ncc(N=C=O)n12. The Hall–Kier alpha value is -1.45. The molecule has 2 aromatic rings. The zero-order valence-corrected chi connectivity index (χ0v) is 7.13. The molecule has 0 saturated heterocycles. The van der Waals surface area contributed by atoms with Crippen LogP contribution in [-0.2, 0) is 4.79 Å². The van der Waals surface area contributed by atoms with Crippen molar-refractivity contribution in [3.05, 3.63) is 17.3 Å². The lowest BCUT2D eigenvalue weighted by molar-refractivity contribution is 0.565. The Kier molecular flexibility index (Phi) is 1.53. The van der Waals surface area contributed by atoms with Gasteiger partial charge in [0, 0.05) is 11.1 Å². The van der Waals surface area contributed by atoms with E-state index < -0.39 is 0 Å². The van der Waals surface area contributed by atoms with Gasteiger partial charge in [-0.05, 0) is 6.92 Å². The number of aliphatic imine (C=N–C) groups is 1. The van der Waals surface area contributed by atoms with Gasteiger partial charge in [-0.1, -0.05) is 0 Å². The van der Waals surface area contributed by atoms with Gasteiger partial charge in [0.2, 0.25) is 6.08 Å². The molecule has 5 heteroatoms. The fourth-order valence-electron chi connectivity index (χ4n) is 1.06. The number of imidazole rings is 1. The number of hydrogen-bond acceptors (Lipinski definition) is 4. The minimum Gasteiger partial charge on any atom is -0.272 e. The molecule has 4 nitrogen and oxygen atoms in total. The van der Waals surface area contributed by atoms with E-state index in [1.54, 1.807) is 6.20 Å². The number of thiazole rings is 1. The average molecular weight is 179 g/mol. The molecule has 0 saturated carbocycles. The first kappa shape index (κ1) is 7.21. The standard InChI is InChI=1S/C7H5N3OS/c1-5-3-12-7-8-2-6(9-4-11)10(5)7/h2-3H,1H3. The van der Waals surface area contributed by atoms with E-state index in [-0.39, 0.29) is 0 Å². The van der Waals surface area contributed by atoms with E-state index in [2.05, 4.69) is 9.98 Å². The van der Waals surface area contributed by atoms with E-state index in [1.807, 2.05) is 16.7 Å². The molecule has 2 aromatic heterocycles. The Bertz CT molecular complexity index is 464. The average Bonchev–Trinajstić information content (AvgIpc) is 2.58. The Morgan fingerprint density at radius 3 is 3.33 bits per heavy atom. The van der Waals surface area contributed by atoms with Crippen molar-refractivity contribution in [1.82, 2.24) is 9.38 Å². The maximum absolute atomic E-state index is 10.0. The third-order valence-corrected chi connectivity index (χ3v) is 2.52. The quantitative estimate of drug-likeness (QED) is 0.493. The Morgan fingerprint density at radius 1 is 1.75 bits per heavy atom. The van der Waals surface area contributed by atoms with E-state index in [9.17, 15) is 4.79 Å². The second-order valence-corrected chi connectivity index (χ2v) is 3.15. The normalized spacial score (nSPS) is 10.1. The van der Waals surface area contributed by atoms with Crippen LogP contribution in [0.4, 0.5) is 5.82 Å². The number of fused-ring (bicyclic) bond motifs is 1. The van der Waals surface area contributed by atoms with E-state index in [0.29, 0.717) is 5.82 Å². The first-order chi connectivity index (χ1) is 5.83. The second kappa shape index (κ2) is 2.55. The molecular formula is C7H5N3OS. The molecular weight excluding hydrogens is 174 g/mol. The van der Waals surface area contributed by atoms with Gasteiger partial charge in [0.05, 0.1) is 6.20 Å². The van der Waals surface area contributed by atoms with Crippen molar-refractivity contribution < 1.29 is 4.79 Å². The van der Waals surface area contributed by atoms with Crippen molar-refractivity contribution in [2.45, 2.75) is 6.92 Å². The molecule has 0 spiro atoms. The third-order valence-electron chi connectivity index (χ3n) is 1.56. The first-order valence-electron chi connectivity index (χ1n) is 3.32. The van der Waals surface area contributed by atoms with Crippen LogP contribution in [0, 0.1) is 6.92 Å². The topological polar surface area (TPSA) is 46.7 Å². The van der Waals surface area contributed by atoms with Crippen molar-refractivity contribution in [2.24, 2.45) is 4.99 Å². The summed E-state index contributed by atoms with van der Waals surface area (Å²) in [6.07, 6.45) is 3.06. The van der Waals surface area contributed by atoms with Crippen LogP contribution >= 0.6 is 11.3 Å². The van der Waals surface area contributed by atoms with E-state index in [4.69, 9.17) is 0 Å². The van der Waals surface area contributed by atoms with Crippen LogP contribution in [0.15, 0.2) is 16.6 Å². The fourth-order valence-corrected chi connectivity index (χ4v) is 1.90.